The fraction of sp³-hybridized carbons (Fsp3) is 0.600. The van der Waals surface area contributed by atoms with E-state index in [1.165, 1.54) is 0 Å². The van der Waals surface area contributed by atoms with Gasteiger partial charge in [-0.15, -0.1) is 0 Å². The Bertz CT molecular complexity index is 1030. The molecule has 4 heterocycles. The maximum absolute atomic E-state index is 12.7. The SMILES string of the molecule is Cc1ncc(N2CC(C)CC(NC(=O)CC3CN(C(=O)OC(C)(C)C)C3)C2)c2cccnc12. The van der Waals surface area contributed by atoms with Crippen LogP contribution >= 0.6 is 0 Å². The number of likely N-dealkylation sites (tertiary alicyclic amines) is 1. The molecule has 33 heavy (non-hydrogen) atoms. The topological polar surface area (TPSA) is 87.7 Å². The van der Waals surface area contributed by atoms with Crippen LogP contribution in [-0.4, -0.2) is 64.7 Å². The van der Waals surface area contributed by atoms with E-state index in [4.69, 9.17) is 4.74 Å². The maximum atomic E-state index is 12.7. The van der Waals surface area contributed by atoms with E-state index in [-0.39, 0.29) is 24.0 Å². The van der Waals surface area contributed by atoms with Crippen LogP contribution < -0.4 is 10.2 Å². The highest BCUT2D eigenvalue weighted by molar-refractivity contribution is 5.92. The molecule has 2 aromatic heterocycles. The minimum Gasteiger partial charge on any atom is -0.444 e. The van der Waals surface area contributed by atoms with E-state index in [1.807, 2.05) is 40.0 Å². The molecule has 2 atom stereocenters. The van der Waals surface area contributed by atoms with Gasteiger partial charge < -0.3 is 19.9 Å². The molecule has 0 saturated carbocycles. The van der Waals surface area contributed by atoms with E-state index >= 15 is 0 Å². The first-order valence-electron chi connectivity index (χ1n) is 11.8. The van der Waals surface area contributed by atoms with E-state index in [0.29, 0.717) is 25.4 Å². The highest BCUT2D eigenvalue weighted by atomic mass is 16.6. The van der Waals surface area contributed by atoms with Crippen molar-refractivity contribution in [1.82, 2.24) is 20.2 Å². The van der Waals surface area contributed by atoms with Crippen LogP contribution in [0.25, 0.3) is 10.9 Å². The molecule has 4 rings (SSSR count). The molecular formula is C25H35N5O3. The number of amides is 2. The van der Waals surface area contributed by atoms with Crippen molar-refractivity contribution in [3.05, 3.63) is 30.2 Å². The van der Waals surface area contributed by atoms with Gasteiger partial charge >= 0.3 is 6.09 Å². The number of fused-ring (bicyclic) bond motifs is 1. The summed E-state index contributed by atoms with van der Waals surface area (Å²) in [5, 5.41) is 4.34. The number of anilines is 1. The van der Waals surface area contributed by atoms with Crippen LogP contribution in [-0.2, 0) is 9.53 Å². The number of carbonyl (C=O) groups is 2. The Morgan fingerprint density at radius 3 is 2.67 bits per heavy atom. The summed E-state index contributed by atoms with van der Waals surface area (Å²) in [5.74, 6) is 0.686. The number of hydrogen-bond donors (Lipinski definition) is 1. The van der Waals surface area contributed by atoms with Crippen molar-refractivity contribution in [2.24, 2.45) is 11.8 Å². The predicted molar refractivity (Wildman–Crippen MR) is 128 cm³/mol. The molecule has 2 aromatic rings. The van der Waals surface area contributed by atoms with Gasteiger partial charge in [0, 0.05) is 56.1 Å². The molecule has 2 saturated heterocycles. The molecule has 0 aliphatic carbocycles. The molecule has 0 radical (unpaired) electrons. The van der Waals surface area contributed by atoms with Crippen molar-refractivity contribution in [2.75, 3.05) is 31.1 Å². The highest BCUT2D eigenvalue weighted by Gasteiger charge is 2.35. The molecule has 2 fully saturated rings. The summed E-state index contributed by atoms with van der Waals surface area (Å²) in [5.41, 5.74) is 2.41. The smallest absolute Gasteiger partial charge is 0.410 e. The van der Waals surface area contributed by atoms with Gasteiger partial charge in [-0.3, -0.25) is 14.8 Å². The summed E-state index contributed by atoms with van der Waals surface area (Å²) >= 11 is 0. The molecule has 8 nitrogen and oxygen atoms in total. The van der Waals surface area contributed by atoms with Crippen LogP contribution in [0.3, 0.4) is 0 Å². The summed E-state index contributed by atoms with van der Waals surface area (Å²) in [7, 11) is 0. The first-order valence-corrected chi connectivity index (χ1v) is 11.8. The monoisotopic (exact) mass is 453 g/mol. The summed E-state index contributed by atoms with van der Waals surface area (Å²) in [6, 6.07) is 4.12. The van der Waals surface area contributed by atoms with Crippen LogP contribution in [0.1, 0.15) is 46.2 Å². The van der Waals surface area contributed by atoms with Gasteiger partial charge in [-0.05, 0) is 52.2 Å². The Kier molecular flexibility index (Phi) is 6.45. The highest BCUT2D eigenvalue weighted by Crippen LogP contribution is 2.30. The second-order valence-corrected chi connectivity index (χ2v) is 10.6. The van der Waals surface area contributed by atoms with Crippen molar-refractivity contribution < 1.29 is 14.3 Å². The quantitative estimate of drug-likeness (QED) is 0.762. The van der Waals surface area contributed by atoms with E-state index in [9.17, 15) is 9.59 Å². The molecule has 2 aliphatic rings. The predicted octanol–water partition coefficient (Wildman–Crippen LogP) is 3.53. The number of nitrogens with one attached hydrogen (secondary N) is 1. The number of pyridine rings is 2. The molecule has 178 valence electrons. The molecule has 2 aliphatic heterocycles. The van der Waals surface area contributed by atoms with Crippen LogP contribution in [0.15, 0.2) is 24.5 Å². The average molecular weight is 454 g/mol. The second kappa shape index (κ2) is 9.15. The Morgan fingerprint density at radius 1 is 1.18 bits per heavy atom. The number of hydrogen-bond acceptors (Lipinski definition) is 6. The van der Waals surface area contributed by atoms with Gasteiger partial charge in [-0.25, -0.2) is 4.79 Å². The third kappa shape index (κ3) is 5.54. The first kappa shape index (κ1) is 23.3. The van der Waals surface area contributed by atoms with Crippen molar-refractivity contribution in [3.63, 3.8) is 0 Å². The lowest BCUT2D eigenvalue weighted by atomic mass is 9.93. The Hall–Kier alpha value is -2.90. The van der Waals surface area contributed by atoms with Crippen LogP contribution in [0, 0.1) is 18.8 Å². The van der Waals surface area contributed by atoms with Crippen LogP contribution in [0.5, 0.6) is 0 Å². The number of carbonyl (C=O) groups excluding carboxylic acids is 2. The lowest BCUT2D eigenvalue weighted by Crippen LogP contribution is -2.54. The standard InChI is InChI=1S/C25H35N5O3/c1-16-9-19(28-22(31)10-18-13-30(14-18)24(32)33-25(3,4)5)15-29(12-16)21-11-27-17(2)23-20(21)7-6-8-26-23/h6-8,11,16,18-19H,9-10,12-15H2,1-5H3,(H,28,31). The first-order chi connectivity index (χ1) is 15.6. The summed E-state index contributed by atoms with van der Waals surface area (Å²) in [4.78, 5) is 37.9. The minimum absolute atomic E-state index is 0.0523. The molecule has 2 amide bonds. The van der Waals surface area contributed by atoms with E-state index < -0.39 is 5.60 Å². The summed E-state index contributed by atoms with van der Waals surface area (Å²) in [6.45, 7) is 12.6. The van der Waals surface area contributed by atoms with Crippen LogP contribution in [0.2, 0.25) is 0 Å². The van der Waals surface area contributed by atoms with Gasteiger partial charge in [0.05, 0.1) is 23.1 Å². The zero-order valence-electron chi connectivity index (χ0n) is 20.3. The van der Waals surface area contributed by atoms with Crippen molar-refractivity contribution >= 4 is 28.6 Å². The van der Waals surface area contributed by atoms with Gasteiger partial charge in [-0.1, -0.05) is 6.92 Å². The number of aromatic nitrogens is 2. The number of nitrogens with zero attached hydrogens (tertiary/aromatic N) is 4. The largest absolute Gasteiger partial charge is 0.444 e. The fourth-order valence-electron chi connectivity index (χ4n) is 4.82. The van der Waals surface area contributed by atoms with Gasteiger partial charge in [0.2, 0.25) is 5.91 Å². The maximum Gasteiger partial charge on any atom is 0.410 e. The van der Waals surface area contributed by atoms with Crippen molar-refractivity contribution in [2.45, 2.75) is 59.1 Å². The molecule has 0 spiro atoms. The Morgan fingerprint density at radius 2 is 1.94 bits per heavy atom. The lowest BCUT2D eigenvalue weighted by Gasteiger charge is -2.41. The minimum atomic E-state index is -0.503. The third-order valence-corrected chi connectivity index (χ3v) is 6.26. The van der Waals surface area contributed by atoms with Gasteiger partial charge in [-0.2, -0.15) is 0 Å². The molecular weight excluding hydrogens is 418 g/mol. The Labute approximate surface area is 195 Å². The van der Waals surface area contributed by atoms with Gasteiger partial charge in [0.25, 0.3) is 0 Å². The van der Waals surface area contributed by atoms with Crippen LogP contribution in [0.4, 0.5) is 10.5 Å². The summed E-state index contributed by atoms with van der Waals surface area (Å²) < 4.78 is 5.39. The molecule has 8 heteroatoms. The average Bonchev–Trinajstić information content (AvgIpc) is 2.69. The molecule has 0 bridgehead atoms. The lowest BCUT2D eigenvalue weighted by molar-refractivity contribution is -0.124. The second-order valence-electron chi connectivity index (χ2n) is 10.6. The van der Waals surface area contributed by atoms with Crippen molar-refractivity contribution in [3.8, 4) is 0 Å². The van der Waals surface area contributed by atoms with E-state index in [0.717, 1.165) is 41.8 Å². The van der Waals surface area contributed by atoms with E-state index in [1.54, 1.807) is 11.1 Å². The third-order valence-electron chi connectivity index (χ3n) is 6.26. The van der Waals surface area contributed by atoms with Crippen molar-refractivity contribution in [1.29, 1.82) is 0 Å². The normalized spacial score (nSPS) is 21.6. The zero-order chi connectivity index (χ0) is 23.8. The number of rotatable bonds is 4. The number of piperidine rings is 1. The Balaban J connectivity index is 1.33. The number of ether oxygens (including phenoxy) is 1. The molecule has 1 N–H and O–H groups in total. The molecule has 2 unspecified atom stereocenters. The summed E-state index contributed by atoms with van der Waals surface area (Å²) in [6.07, 6.45) is 4.81. The van der Waals surface area contributed by atoms with E-state index in [2.05, 4.69) is 33.2 Å². The zero-order valence-corrected chi connectivity index (χ0v) is 20.3. The van der Waals surface area contributed by atoms with Gasteiger partial charge in [0.1, 0.15) is 5.60 Å². The fourth-order valence-corrected chi connectivity index (χ4v) is 4.82. The molecule has 0 aromatic carbocycles. The number of aryl methyl sites for hydroxylation is 1. The van der Waals surface area contributed by atoms with Gasteiger partial charge in [0.15, 0.2) is 0 Å².